The van der Waals surface area contributed by atoms with Crippen LogP contribution in [-0.2, 0) is 11.2 Å². The quantitative estimate of drug-likeness (QED) is 0.419. The van der Waals surface area contributed by atoms with E-state index in [2.05, 4.69) is 5.32 Å². The Morgan fingerprint density at radius 3 is 2.38 bits per heavy atom. The largest absolute Gasteiger partial charge is 0.497 e. The third kappa shape index (κ3) is 6.11. The molecular formula is C24H24Cl2N2O3S. The highest BCUT2D eigenvalue weighted by molar-refractivity contribution is 7.17. The van der Waals surface area contributed by atoms with E-state index in [0.717, 1.165) is 22.5 Å². The maximum atomic E-state index is 13.1. The van der Waals surface area contributed by atoms with Gasteiger partial charge in [0.2, 0.25) is 11.7 Å². The molecular weight excluding hydrogens is 467 g/mol. The predicted molar refractivity (Wildman–Crippen MR) is 131 cm³/mol. The van der Waals surface area contributed by atoms with Crippen molar-refractivity contribution in [3.05, 3.63) is 74.6 Å². The number of carbonyl (C=O) groups excluding carboxylic acids is 2. The van der Waals surface area contributed by atoms with Crippen LogP contribution in [0, 0.1) is 0 Å². The molecule has 0 bridgehead atoms. The smallest absolute Gasteiger partial charge is 0.224 e. The maximum Gasteiger partial charge on any atom is 0.224 e. The van der Waals surface area contributed by atoms with E-state index in [0.29, 0.717) is 32.8 Å². The lowest BCUT2D eigenvalue weighted by molar-refractivity contribution is -0.120. The van der Waals surface area contributed by atoms with Gasteiger partial charge in [-0.2, -0.15) is 0 Å². The molecule has 0 fully saturated rings. The molecule has 0 aliphatic rings. The number of thiophene rings is 1. The molecule has 1 amide bonds. The van der Waals surface area contributed by atoms with Crippen molar-refractivity contribution in [2.45, 2.75) is 6.42 Å². The van der Waals surface area contributed by atoms with Gasteiger partial charge in [-0.3, -0.25) is 9.59 Å². The minimum Gasteiger partial charge on any atom is -0.497 e. The number of likely N-dealkylation sites (N-methyl/N-ethyl adjacent to an activating group) is 1. The Balaban J connectivity index is 1.92. The van der Waals surface area contributed by atoms with Crippen LogP contribution >= 0.6 is 34.5 Å². The number of halogens is 2. The molecule has 3 rings (SSSR count). The molecule has 5 nitrogen and oxygen atoms in total. The third-order valence-corrected chi connectivity index (χ3v) is 6.76. The van der Waals surface area contributed by atoms with Gasteiger partial charge in [-0.15, -0.1) is 11.3 Å². The summed E-state index contributed by atoms with van der Waals surface area (Å²) in [6.07, 6.45) is 0.162. The van der Waals surface area contributed by atoms with Crippen molar-refractivity contribution < 1.29 is 14.3 Å². The van der Waals surface area contributed by atoms with E-state index < -0.39 is 0 Å². The topological polar surface area (TPSA) is 58.6 Å². The normalized spacial score (nSPS) is 10.9. The molecule has 0 radical (unpaired) electrons. The molecule has 32 heavy (non-hydrogen) atoms. The molecule has 0 unspecified atom stereocenters. The Bertz CT molecular complexity index is 1110. The third-order valence-electron chi connectivity index (χ3n) is 4.80. The Labute approximate surface area is 201 Å². The summed E-state index contributed by atoms with van der Waals surface area (Å²) in [5.74, 6) is 0.465. The summed E-state index contributed by atoms with van der Waals surface area (Å²) in [5.41, 5.74) is 2.14. The van der Waals surface area contributed by atoms with Crippen LogP contribution in [0.15, 0.2) is 48.5 Å². The van der Waals surface area contributed by atoms with Crippen molar-refractivity contribution in [1.82, 2.24) is 10.2 Å². The molecule has 0 aliphatic carbocycles. The Kier molecular flexibility index (Phi) is 8.32. The zero-order valence-electron chi connectivity index (χ0n) is 18.1. The van der Waals surface area contributed by atoms with Crippen LogP contribution in [0.3, 0.4) is 0 Å². The number of ether oxygens (including phenoxy) is 1. The van der Waals surface area contributed by atoms with Crippen LogP contribution in [0.4, 0.5) is 0 Å². The SMILES string of the molecule is COc1ccc(C(=O)c2cc(CC(=O)NCCN(C)C)c(-c3ccc(Cl)c(Cl)c3)s2)cc1. The molecule has 1 heterocycles. The van der Waals surface area contributed by atoms with Crippen LogP contribution in [0.25, 0.3) is 10.4 Å². The van der Waals surface area contributed by atoms with Crippen LogP contribution in [-0.4, -0.2) is 50.9 Å². The molecule has 8 heteroatoms. The first-order valence-electron chi connectivity index (χ1n) is 9.96. The van der Waals surface area contributed by atoms with Crippen LogP contribution < -0.4 is 10.1 Å². The van der Waals surface area contributed by atoms with E-state index in [4.69, 9.17) is 27.9 Å². The summed E-state index contributed by atoms with van der Waals surface area (Å²) in [7, 11) is 5.48. The van der Waals surface area contributed by atoms with Crippen molar-refractivity contribution in [2.75, 3.05) is 34.3 Å². The Morgan fingerprint density at radius 2 is 1.75 bits per heavy atom. The number of carbonyl (C=O) groups is 2. The number of benzene rings is 2. The first-order valence-corrected chi connectivity index (χ1v) is 11.5. The number of methoxy groups -OCH3 is 1. The molecule has 0 saturated heterocycles. The fourth-order valence-corrected chi connectivity index (χ4v) is 4.53. The summed E-state index contributed by atoms with van der Waals surface area (Å²) in [6, 6.07) is 14.1. The van der Waals surface area contributed by atoms with Gasteiger partial charge in [0.15, 0.2) is 0 Å². The van der Waals surface area contributed by atoms with Crippen LogP contribution in [0.1, 0.15) is 20.8 Å². The number of hydrogen-bond acceptors (Lipinski definition) is 5. The first-order chi connectivity index (χ1) is 15.3. The fraction of sp³-hybridized carbons (Fsp3) is 0.250. The summed E-state index contributed by atoms with van der Waals surface area (Å²) >= 11 is 13.6. The second kappa shape index (κ2) is 11.0. The molecule has 168 valence electrons. The van der Waals surface area contributed by atoms with Gasteiger partial charge in [0.1, 0.15) is 5.75 Å². The average molecular weight is 491 g/mol. The summed E-state index contributed by atoms with van der Waals surface area (Å²) in [5, 5.41) is 3.79. The van der Waals surface area contributed by atoms with Gasteiger partial charge in [0.25, 0.3) is 0 Å². The number of nitrogens with zero attached hydrogens (tertiary/aromatic N) is 1. The number of hydrogen-bond donors (Lipinski definition) is 1. The second-order valence-electron chi connectivity index (χ2n) is 7.48. The van der Waals surface area contributed by atoms with Gasteiger partial charge in [-0.1, -0.05) is 29.3 Å². The Hall–Kier alpha value is -2.38. The monoisotopic (exact) mass is 490 g/mol. The van der Waals surface area contributed by atoms with Crippen molar-refractivity contribution in [2.24, 2.45) is 0 Å². The molecule has 0 saturated carbocycles. The molecule has 1 N–H and O–H groups in total. The average Bonchev–Trinajstić information content (AvgIpc) is 3.18. The number of nitrogens with one attached hydrogen (secondary N) is 1. The fourth-order valence-electron chi connectivity index (χ4n) is 3.09. The van der Waals surface area contributed by atoms with Crippen molar-refractivity contribution in [1.29, 1.82) is 0 Å². The molecule has 0 spiro atoms. The lowest BCUT2D eigenvalue weighted by atomic mass is 10.0. The summed E-state index contributed by atoms with van der Waals surface area (Å²) < 4.78 is 5.17. The molecule has 1 aromatic heterocycles. The van der Waals surface area contributed by atoms with Gasteiger partial charge in [-0.25, -0.2) is 0 Å². The number of rotatable bonds is 9. The van der Waals surface area contributed by atoms with E-state index in [1.807, 2.05) is 25.1 Å². The zero-order chi connectivity index (χ0) is 23.3. The van der Waals surface area contributed by atoms with E-state index >= 15 is 0 Å². The van der Waals surface area contributed by atoms with Gasteiger partial charge >= 0.3 is 0 Å². The van der Waals surface area contributed by atoms with E-state index in [1.54, 1.807) is 49.6 Å². The van der Waals surface area contributed by atoms with Gasteiger partial charge in [-0.05, 0) is 67.7 Å². The van der Waals surface area contributed by atoms with Crippen molar-refractivity contribution in [3.63, 3.8) is 0 Å². The highest BCUT2D eigenvalue weighted by atomic mass is 35.5. The summed E-state index contributed by atoms with van der Waals surface area (Å²) in [6.45, 7) is 1.30. The standard InChI is InChI=1S/C24H24Cl2N2O3S/c1-28(2)11-10-27-22(29)14-17-13-21(23(30)15-4-7-18(31-3)8-5-15)32-24(17)16-6-9-19(25)20(26)12-16/h4-9,12-13H,10-11,14H2,1-3H3,(H,27,29). The predicted octanol–water partition coefficient (Wildman–Crippen LogP) is 5.18. The number of amides is 1. The van der Waals surface area contributed by atoms with E-state index in [-0.39, 0.29) is 18.1 Å². The minimum atomic E-state index is -0.113. The van der Waals surface area contributed by atoms with Gasteiger partial charge < -0.3 is 15.0 Å². The lowest BCUT2D eigenvalue weighted by Crippen LogP contribution is -2.32. The highest BCUT2D eigenvalue weighted by Gasteiger charge is 2.20. The lowest BCUT2D eigenvalue weighted by Gasteiger charge is -2.10. The Morgan fingerprint density at radius 1 is 1.03 bits per heavy atom. The van der Waals surface area contributed by atoms with Crippen molar-refractivity contribution >= 4 is 46.2 Å². The minimum absolute atomic E-state index is 0.102. The highest BCUT2D eigenvalue weighted by Crippen LogP contribution is 2.37. The van der Waals surface area contributed by atoms with Gasteiger partial charge in [0, 0.05) is 23.5 Å². The van der Waals surface area contributed by atoms with E-state index in [9.17, 15) is 9.59 Å². The van der Waals surface area contributed by atoms with Gasteiger partial charge in [0.05, 0.1) is 28.5 Å². The molecule has 0 aliphatic heterocycles. The van der Waals surface area contributed by atoms with E-state index in [1.165, 1.54) is 11.3 Å². The molecule has 2 aromatic carbocycles. The summed E-state index contributed by atoms with van der Waals surface area (Å²) in [4.78, 5) is 29.0. The van der Waals surface area contributed by atoms with Crippen molar-refractivity contribution in [3.8, 4) is 16.2 Å². The first kappa shape index (κ1) is 24.3. The van der Waals surface area contributed by atoms with Crippen LogP contribution in [0.2, 0.25) is 10.0 Å². The number of ketones is 1. The maximum absolute atomic E-state index is 13.1. The molecule has 0 atom stereocenters. The molecule has 3 aromatic rings. The zero-order valence-corrected chi connectivity index (χ0v) is 20.4. The van der Waals surface area contributed by atoms with Crippen LogP contribution in [0.5, 0.6) is 5.75 Å². The second-order valence-corrected chi connectivity index (χ2v) is 9.35.